The molecule has 0 aromatic heterocycles. The van der Waals surface area contributed by atoms with Crippen molar-refractivity contribution >= 4 is 0 Å². The zero-order valence-electron chi connectivity index (χ0n) is 11.6. The van der Waals surface area contributed by atoms with Crippen molar-refractivity contribution in [3.8, 4) is 17.2 Å². The number of benzene rings is 1. The van der Waals surface area contributed by atoms with Crippen LogP contribution in [0.5, 0.6) is 17.2 Å². The fourth-order valence-corrected chi connectivity index (χ4v) is 2.16. The molecule has 0 aliphatic carbocycles. The largest absolute Gasteiger partial charge is 0.493 e. The van der Waals surface area contributed by atoms with Gasteiger partial charge in [-0.15, -0.1) is 0 Å². The number of ether oxygens (including phenoxy) is 3. The van der Waals surface area contributed by atoms with Gasteiger partial charge in [-0.3, -0.25) is 0 Å². The maximum Gasteiger partial charge on any atom is 0.231 e. The van der Waals surface area contributed by atoms with Gasteiger partial charge in [-0.2, -0.15) is 0 Å². The first-order chi connectivity index (χ1) is 9.35. The second-order valence-corrected chi connectivity index (χ2v) is 4.76. The molecule has 0 amide bonds. The summed E-state index contributed by atoms with van der Waals surface area (Å²) in [4.78, 5) is 0. The monoisotopic (exact) mass is 265 g/mol. The van der Waals surface area contributed by atoms with Crippen molar-refractivity contribution in [2.75, 3.05) is 19.9 Å². The molecular weight excluding hydrogens is 242 g/mol. The van der Waals surface area contributed by atoms with Crippen LogP contribution in [0.3, 0.4) is 0 Å². The summed E-state index contributed by atoms with van der Waals surface area (Å²) in [7, 11) is 0. The Kier molecular flexibility index (Phi) is 5.33. The average molecular weight is 265 g/mol. The molecule has 1 heterocycles. The van der Waals surface area contributed by atoms with E-state index in [1.807, 2.05) is 12.1 Å². The van der Waals surface area contributed by atoms with Gasteiger partial charge < -0.3 is 19.9 Å². The molecule has 1 aromatic carbocycles. The van der Waals surface area contributed by atoms with Gasteiger partial charge in [0.2, 0.25) is 6.79 Å². The van der Waals surface area contributed by atoms with Crippen LogP contribution < -0.4 is 19.9 Å². The molecule has 0 radical (unpaired) electrons. The predicted octanol–water partition coefficient (Wildman–Crippen LogP) is 2.88. The van der Waals surface area contributed by atoms with Gasteiger partial charge in [-0.25, -0.2) is 0 Å². The number of rotatable bonds is 8. The Morgan fingerprint density at radius 3 is 2.68 bits per heavy atom. The van der Waals surface area contributed by atoms with Crippen molar-refractivity contribution in [1.29, 1.82) is 0 Å². The van der Waals surface area contributed by atoms with Crippen molar-refractivity contribution in [2.45, 2.75) is 39.0 Å². The topological polar surface area (TPSA) is 53.7 Å². The number of unbranched alkanes of at least 4 members (excludes halogenated alkanes) is 3. The molecule has 2 rings (SSSR count). The molecule has 4 heteroatoms. The van der Waals surface area contributed by atoms with Crippen molar-refractivity contribution in [3.05, 3.63) is 17.7 Å². The van der Waals surface area contributed by atoms with E-state index < -0.39 is 0 Å². The Bertz CT molecular complexity index is 407. The minimum atomic E-state index is 0.289. The van der Waals surface area contributed by atoms with E-state index in [0.717, 1.165) is 42.3 Å². The summed E-state index contributed by atoms with van der Waals surface area (Å²) >= 11 is 0. The minimum Gasteiger partial charge on any atom is -0.493 e. The summed E-state index contributed by atoms with van der Waals surface area (Å²) in [6.07, 6.45) is 5.60. The standard InChI is InChI=1S/C15H23NO3/c1-2-3-4-5-8-17-13-10-15-14(18-11-19-15)9-12(13)6-7-16/h9-10H,2-8,11,16H2,1H3. The summed E-state index contributed by atoms with van der Waals surface area (Å²) in [6, 6.07) is 3.91. The first kappa shape index (κ1) is 14.0. The summed E-state index contributed by atoms with van der Waals surface area (Å²) in [5, 5.41) is 0. The third kappa shape index (κ3) is 3.77. The Morgan fingerprint density at radius 1 is 1.16 bits per heavy atom. The Labute approximate surface area is 114 Å². The van der Waals surface area contributed by atoms with Crippen LogP contribution in [0.15, 0.2) is 12.1 Å². The smallest absolute Gasteiger partial charge is 0.231 e. The van der Waals surface area contributed by atoms with Crippen LogP contribution in [0.25, 0.3) is 0 Å². The van der Waals surface area contributed by atoms with E-state index in [1.165, 1.54) is 19.3 Å². The van der Waals surface area contributed by atoms with Gasteiger partial charge in [0.05, 0.1) is 6.61 Å². The third-order valence-corrected chi connectivity index (χ3v) is 3.22. The van der Waals surface area contributed by atoms with Crippen LogP contribution in [-0.2, 0) is 6.42 Å². The molecule has 2 N–H and O–H groups in total. The molecule has 0 saturated carbocycles. The number of hydrogen-bond acceptors (Lipinski definition) is 4. The van der Waals surface area contributed by atoms with Crippen LogP contribution >= 0.6 is 0 Å². The highest BCUT2D eigenvalue weighted by molar-refractivity contribution is 5.51. The van der Waals surface area contributed by atoms with E-state index in [0.29, 0.717) is 6.54 Å². The van der Waals surface area contributed by atoms with E-state index in [1.54, 1.807) is 0 Å². The molecule has 1 aromatic rings. The Hall–Kier alpha value is -1.42. The van der Waals surface area contributed by atoms with Crippen LogP contribution in [-0.4, -0.2) is 19.9 Å². The van der Waals surface area contributed by atoms with Gasteiger partial charge in [0, 0.05) is 6.07 Å². The molecule has 4 nitrogen and oxygen atoms in total. The van der Waals surface area contributed by atoms with Crippen LogP contribution in [0.1, 0.15) is 38.2 Å². The van der Waals surface area contributed by atoms with Gasteiger partial charge in [0.1, 0.15) is 5.75 Å². The molecular formula is C15H23NO3. The maximum atomic E-state index is 5.87. The molecule has 0 unspecified atom stereocenters. The first-order valence-electron chi connectivity index (χ1n) is 7.10. The quantitative estimate of drug-likeness (QED) is 0.734. The highest BCUT2D eigenvalue weighted by Gasteiger charge is 2.17. The lowest BCUT2D eigenvalue weighted by molar-refractivity contribution is 0.173. The fourth-order valence-electron chi connectivity index (χ4n) is 2.16. The van der Waals surface area contributed by atoms with Crippen molar-refractivity contribution < 1.29 is 14.2 Å². The fraction of sp³-hybridized carbons (Fsp3) is 0.600. The first-order valence-corrected chi connectivity index (χ1v) is 7.10. The lowest BCUT2D eigenvalue weighted by Crippen LogP contribution is -2.06. The van der Waals surface area contributed by atoms with E-state index in [4.69, 9.17) is 19.9 Å². The Morgan fingerprint density at radius 2 is 1.95 bits per heavy atom. The summed E-state index contributed by atoms with van der Waals surface area (Å²) in [5.74, 6) is 2.44. The van der Waals surface area contributed by atoms with E-state index in [2.05, 4.69) is 6.92 Å². The van der Waals surface area contributed by atoms with Crippen LogP contribution in [0.2, 0.25) is 0 Å². The van der Waals surface area contributed by atoms with Crippen molar-refractivity contribution in [3.63, 3.8) is 0 Å². The SMILES string of the molecule is CCCCCCOc1cc2c(cc1CCN)OCO2. The number of hydrogen-bond donors (Lipinski definition) is 1. The second kappa shape index (κ2) is 7.24. The molecule has 0 saturated heterocycles. The third-order valence-electron chi connectivity index (χ3n) is 3.22. The summed E-state index contributed by atoms with van der Waals surface area (Å²) < 4.78 is 16.6. The van der Waals surface area contributed by atoms with Gasteiger partial charge >= 0.3 is 0 Å². The van der Waals surface area contributed by atoms with E-state index >= 15 is 0 Å². The number of nitrogens with two attached hydrogens (primary N) is 1. The van der Waals surface area contributed by atoms with Crippen molar-refractivity contribution in [2.24, 2.45) is 5.73 Å². The molecule has 1 aliphatic rings. The van der Waals surface area contributed by atoms with Gasteiger partial charge in [0.15, 0.2) is 11.5 Å². The zero-order chi connectivity index (χ0) is 13.5. The second-order valence-electron chi connectivity index (χ2n) is 4.76. The minimum absolute atomic E-state index is 0.289. The zero-order valence-corrected chi connectivity index (χ0v) is 11.6. The molecule has 0 atom stereocenters. The normalized spacial score (nSPS) is 12.7. The molecule has 19 heavy (non-hydrogen) atoms. The Balaban J connectivity index is 1.97. The lowest BCUT2D eigenvalue weighted by Gasteiger charge is -2.12. The van der Waals surface area contributed by atoms with E-state index in [-0.39, 0.29) is 6.79 Å². The van der Waals surface area contributed by atoms with Gasteiger partial charge in [0.25, 0.3) is 0 Å². The predicted molar refractivity (Wildman–Crippen MR) is 75.0 cm³/mol. The molecule has 0 fully saturated rings. The highest BCUT2D eigenvalue weighted by Crippen LogP contribution is 2.38. The van der Waals surface area contributed by atoms with E-state index in [9.17, 15) is 0 Å². The van der Waals surface area contributed by atoms with Crippen LogP contribution in [0.4, 0.5) is 0 Å². The maximum absolute atomic E-state index is 5.87. The summed E-state index contributed by atoms with van der Waals surface area (Å²) in [5.41, 5.74) is 6.74. The van der Waals surface area contributed by atoms with Gasteiger partial charge in [-0.05, 0) is 31.0 Å². The molecule has 106 valence electrons. The van der Waals surface area contributed by atoms with Crippen molar-refractivity contribution in [1.82, 2.24) is 0 Å². The molecule has 1 aliphatic heterocycles. The molecule has 0 bridgehead atoms. The number of fused-ring (bicyclic) bond motifs is 1. The van der Waals surface area contributed by atoms with Gasteiger partial charge in [-0.1, -0.05) is 26.2 Å². The highest BCUT2D eigenvalue weighted by atomic mass is 16.7. The summed E-state index contributed by atoms with van der Waals surface area (Å²) in [6.45, 7) is 3.85. The lowest BCUT2D eigenvalue weighted by atomic mass is 10.1. The average Bonchev–Trinajstić information content (AvgIpc) is 2.86. The molecule has 0 spiro atoms. The van der Waals surface area contributed by atoms with Crippen LogP contribution in [0, 0.1) is 0 Å².